The Morgan fingerprint density at radius 3 is 2.67 bits per heavy atom. The Bertz CT molecular complexity index is 655. The summed E-state index contributed by atoms with van der Waals surface area (Å²) in [6, 6.07) is 1.06. The Kier molecular flexibility index (Phi) is 4.49. The molecule has 21 heavy (non-hydrogen) atoms. The third-order valence-electron chi connectivity index (χ3n) is 3.00. The molecule has 1 aliphatic heterocycles. The lowest BCUT2D eigenvalue weighted by Crippen LogP contribution is -2.45. The molecule has 0 atom stereocenters. The molecule has 3 N–H and O–H groups in total. The van der Waals surface area contributed by atoms with Gasteiger partial charge in [-0.25, -0.2) is 14.3 Å². The Hall–Kier alpha value is -0.880. The zero-order valence-corrected chi connectivity index (χ0v) is 14.0. The topological polar surface area (TPSA) is 119 Å². The van der Waals surface area contributed by atoms with Crippen molar-refractivity contribution in [1.82, 2.24) is 4.31 Å². The van der Waals surface area contributed by atoms with E-state index in [1.165, 1.54) is 4.31 Å². The quantitative estimate of drug-likeness (QED) is 0.478. The summed E-state index contributed by atoms with van der Waals surface area (Å²) in [4.78, 5) is 10.3. The molecule has 1 aromatic rings. The van der Waals surface area contributed by atoms with Crippen LogP contribution in [0.15, 0.2) is 10.3 Å². The van der Waals surface area contributed by atoms with Crippen molar-refractivity contribution in [1.29, 1.82) is 0 Å². The van der Waals surface area contributed by atoms with Crippen molar-refractivity contribution in [2.24, 2.45) is 5.84 Å². The van der Waals surface area contributed by atoms with Crippen LogP contribution in [0.2, 0.25) is 0 Å². The molecule has 8 nitrogen and oxygen atoms in total. The number of thioether (sulfide) groups is 1. The van der Waals surface area contributed by atoms with Crippen LogP contribution in [0, 0.1) is 10.1 Å². The van der Waals surface area contributed by atoms with Crippen LogP contribution in [0.1, 0.15) is 13.8 Å². The number of nitrogens with one attached hydrogen (secondary N) is 1. The first kappa shape index (κ1) is 16.5. The predicted octanol–water partition coefficient (Wildman–Crippen LogP) is 1.46. The fraction of sp³-hybridized carbons (Fsp3) is 0.600. The number of nitrogens with two attached hydrogens (primary N) is 1. The van der Waals surface area contributed by atoms with Crippen LogP contribution in [-0.4, -0.2) is 41.2 Å². The van der Waals surface area contributed by atoms with Crippen molar-refractivity contribution in [3.05, 3.63) is 16.2 Å². The number of anilines is 1. The Morgan fingerprint density at radius 1 is 1.52 bits per heavy atom. The minimum absolute atomic E-state index is 0.0317. The first-order valence-electron chi connectivity index (χ1n) is 6.06. The van der Waals surface area contributed by atoms with Gasteiger partial charge in [-0.2, -0.15) is 16.1 Å². The van der Waals surface area contributed by atoms with E-state index >= 15 is 0 Å². The van der Waals surface area contributed by atoms with Crippen molar-refractivity contribution < 1.29 is 13.3 Å². The van der Waals surface area contributed by atoms with Gasteiger partial charge in [0.05, 0.1) is 4.92 Å². The minimum Gasteiger partial charge on any atom is -0.310 e. The van der Waals surface area contributed by atoms with Gasteiger partial charge in [0.1, 0.15) is 4.21 Å². The van der Waals surface area contributed by atoms with Gasteiger partial charge in [-0.05, 0) is 13.8 Å². The van der Waals surface area contributed by atoms with Gasteiger partial charge >= 0.3 is 5.69 Å². The molecule has 0 spiro atoms. The minimum atomic E-state index is -3.74. The number of nitro groups is 1. The highest BCUT2D eigenvalue weighted by atomic mass is 32.2. The van der Waals surface area contributed by atoms with Gasteiger partial charge in [0.2, 0.25) is 0 Å². The van der Waals surface area contributed by atoms with Gasteiger partial charge in [-0.15, -0.1) is 0 Å². The maximum atomic E-state index is 12.6. The third-order valence-corrected chi connectivity index (χ3v) is 7.65. The average Bonchev–Trinajstić information content (AvgIpc) is 2.82. The number of nitrogen functional groups attached to an aromatic ring is 1. The molecule has 1 fully saturated rings. The highest BCUT2D eigenvalue weighted by Gasteiger charge is 2.37. The number of thiophene rings is 1. The van der Waals surface area contributed by atoms with E-state index in [0.29, 0.717) is 18.8 Å². The summed E-state index contributed by atoms with van der Waals surface area (Å²) in [5, 5.41) is 10.9. The Labute approximate surface area is 130 Å². The summed E-state index contributed by atoms with van der Waals surface area (Å²) in [6.45, 7) is 4.72. The molecule has 0 bridgehead atoms. The number of nitrogens with zero attached hydrogens (tertiary/aromatic N) is 2. The zero-order chi connectivity index (χ0) is 15.8. The normalized spacial score (nSPS) is 19.4. The highest BCUT2D eigenvalue weighted by Crippen LogP contribution is 2.39. The van der Waals surface area contributed by atoms with E-state index in [4.69, 9.17) is 5.84 Å². The van der Waals surface area contributed by atoms with Crippen LogP contribution in [0.5, 0.6) is 0 Å². The maximum Gasteiger partial charge on any atom is 0.306 e. The van der Waals surface area contributed by atoms with E-state index in [9.17, 15) is 18.5 Å². The van der Waals surface area contributed by atoms with E-state index < -0.39 is 14.9 Å². The van der Waals surface area contributed by atoms with Crippen molar-refractivity contribution >= 4 is 43.8 Å². The zero-order valence-electron chi connectivity index (χ0n) is 11.5. The first-order valence-corrected chi connectivity index (χ1v) is 9.30. The second kappa shape index (κ2) is 5.72. The molecule has 1 aromatic heterocycles. The molecule has 0 saturated carbocycles. The smallest absolute Gasteiger partial charge is 0.306 e. The molecule has 118 valence electrons. The molecule has 0 aliphatic carbocycles. The van der Waals surface area contributed by atoms with E-state index in [0.717, 1.165) is 17.4 Å². The predicted molar refractivity (Wildman–Crippen MR) is 84.1 cm³/mol. The standard InChI is InChI=1S/C10H16N4O4S3/c1-10(2)6-13(3-4-19-10)21(17,18)8-5-7(14(15)16)9(12-11)20-8/h5,12H,3-4,6,11H2,1-2H3. The van der Waals surface area contributed by atoms with Gasteiger partial charge in [-0.3, -0.25) is 10.1 Å². The SMILES string of the molecule is CC1(C)CN(S(=O)(=O)c2cc([N+](=O)[O-])c(NN)s2)CCS1. The van der Waals surface area contributed by atoms with E-state index in [-0.39, 0.29) is 19.6 Å². The number of hydrogen-bond acceptors (Lipinski definition) is 8. The van der Waals surface area contributed by atoms with E-state index in [2.05, 4.69) is 5.43 Å². The lowest BCUT2D eigenvalue weighted by molar-refractivity contribution is -0.383. The lowest BCUT2D eigenvalue weighted by Gasteiger charge is -2.36. The molecule has 1 aliphatic rings. The van der Waals surface area contributed by atoms with Crippen LogP contribution in [0.25, 0.3) is 0 Å². The number of sulfonamides is 1. The second-order valence-electron chi connectivity index (χ2n) is 5.13. The van der Waals surface area contributed by atoms with Crippen molar-refractivity contribution in [3.63, 3.8) is 0 Å². The van der Waals surface area contributed by atoms with E-state index in [1.807, 2.05) is 13.8 Å². The van der Waals surface area contributed by atoms with Crippen LogP contribution >= 0.6 is 23.1 Å². The van der Waals surface area contributed by atoms with Crippen molar-refractivity contribution in [2.75, 3.05) is 24.3 Å². The summed E-state index contributed by atoms with van der Waals surface area (Å²) < 4.78 is 26.4. The highest BCUT2D eigenvalue weighted by molar-refractivity contribution is 8.00. The third kappa shape index (κ3) is 3.31. The molecule has 2 heterocycles. The number of hydrazine groups is 1. The monoisotopic (exact) mass is 352 g/mol. The van der Waals surface area contributed by atoms with Crippen LogP contribution in [0.3, 0.4) is 0 Å². The summed E-state index contributed by atoms with van der Waals surface area (Å²) in [5.74, 6) is 5.91. The molecule has 0 aromatic carbocycles. The first-order chi connectivity index (χ1) is 9.67. The van der Waals surface area contributed by atoms with Crippen LogP contribution in [-0.2, 0) is 10.0 Å². The fourth-order valence-electron chi connectivity index (χ4n) is 2.03. The molecule has 0 radical (unpaired) electrons. The van der Waals surface area contributed by atoms with Gasteiger partial charge < -0.3 is 5.43 Å². The lowest BCUT2D eigenvalue weighted by atomic mass is 10.2. The summed E-state index contributed by atoms with van der Waals surface area (Å²) in [5.41, 5.74) is 1.85. The maximum absolute atomic E-state index is 12.6. The van der Waals surface area contributed by atoms with Gasteiger partial charge in [0, 0.05) is 29.7 Å². The van der Waals surface area contributed by atoms with Crippen molar-refractivity contribution in [3.8, 4) is 0 Å². The molecular weight excluding hydrogens is 336 g/mol. The summed E-state index contributed by atoms with van der Waals surface area (Å²) >= 11 is 2.48. The number of rotatable bonds is 4. The van der Waals surface area contributed by atoms with E-state index in [1.54, 1.807) is 11.8 Å². The average molecular weight is 352 g/mol. The molecule has 0 amide bonds. The van der Waals surface area contributed by atoms with Crippen LogP contribution < -0.4 is 11.3 Å². The molecule has 0 unspecified atom stereocenters. The van der Waals surface area contributed by atoms with Gasteiger partial charge in [0.25, 0.3) is 10.0 Å². The molecule has 2 rings (SSSR count). The molecule has 1 saturated heterocycles. The summed E-state index contributed by atoms with van der Waals surface area (Å²) in [7, 11) is -3.74. The Morgan fingerprint density at radius 2 is 2.19 bits per heavy atom. The van der Waals surface area contributed by atoms with Gasteiger partial charge in [0.15, 0.2) is 5.00 Å². The van der Waals surface area contributed by atoms with Crippen LogP contribution in [0.4, 0.5) is 10.7 Å². The van der Waals surface area contributed by atoms with Gasteiger partial charge in [-0.1, -0.05) is 11.3 Å². The molecular formula is C10H16N4O4S3. The second-order valence-corrected chi connectivity index (χ2v) is 10.1. The fourth-order valence-corrected chi connectivity index (χ4v) is 6.34. The van der Waals surface area contributed by atoms with Crippen molar-refractivity contribution in [2.45, 2.75) is 22.8 Å². The largest absolute Gasteiger partial charge is 0.310 e. The summed E-state index contributed by atoms with van der Waals surface area (Å²) in [6.07, 6.45) is 0. The Balaban J connectivity index is 2.38. The number of hydrogen-bond donors (Lipinski definition) is 2. The molecule has 11 heteroatoms.